The number of hydrogen-bond donors (Lipinski definition) is 1. The molecule has 0 spiro atoms. The summed E-state index contributed by atoms with van der Waals surface area (Å²) in [5.74, 6) is 0.418. The molecule has 0 bridgehead atoms. The SMILES string of the molecule is CCN1CCN(C(=O)Nc2cccc(F)c2)c2cccnc21. The van der Waals surface area contributed by atoms with E-state index in [0.29, 0.717) is 12.2 Å². The topological polar surface area (TPSA) is 48.5 Å². The lowest BCUT2D eigenvalue weighted by atomic mass is 10.2. The number of likely N-dealkylation sites (N-methyl/N-ethyl adjacent to an activating group) is 1. The lowest BCUT2D eigenvalue weighted by Gasteiger charge is -2.35. The number of carbonyl (C=O) groups excluding carboxylic acids is 1. The molecule has 0 unspecified atom stereocenters. The largest absolute Gasteiger partial charge is 0.353 e. The van der Waals surface area contributed by atoms with E-state index in [4.69, 9.17) is 0 Å². The Balaban J connectivity index is 1.84. The van der Waals surface area contributed by atoms with Crippen LogP contribution in [0.1, 0.15) is 6.92 Å². The summed E-state index contributed by atoms with van der Waals surface area (Å²) in [6.45, 7) is 4.18. The molecule has 22 heavy (non-hydrogen) atoms. The van der Waals surface area contributed by atoms with Crippen LogP contribution in [0.2, 0.25) is 0 Å². The average Bonchev–Trinajstić information content (AvgIpc) is 2.53. The molecule has 2 aromatic rings. The third-order valence-corrected chi connectivity index (χ3v) is 3.65. The maximum atomic E-state index is 13.2. The van der Waals surface area contributed by atoms with Gasteiger partial charge in [-0.2, -0.15) is 0 Å². The quantitative estimate of drug-likeness (QED) is 0.927. The van der Waals surface area contributed by atoms with Crippen LogP contribution in [0.3, 0.4) is 0 Å². The van der Waals surface area contributed by atoms with Gasteiger partial charge in [0.25, 0.3) is 0 Å². The molecular formula is C16H17FN4O. The van der Waals surface area contributed by atoms with Crippen LogP contribution >= 0.6 is 0 Å². The third-order valence-electron chi connectivity index (χ3n) is 3.65. The maximum absolute atomic E-state index is 13.2. The van der Waals surface area contributed by atoms with Gasteiger partial charge in [0.15, 0.2) is 5.82 Å². The highest BCUT2D eigenvalue weighted by Crippen LogP contribution is 2.30. The van der Waals surface area contributed by atoms with Gasteiger partial charge in [0, 0.05) is 31.5 Å². The summed E-state index contributed by atoms with van der Waals surface area (Å²) in [6.07, 6.45) is 1.72. The van der Waals surface area contributed by atoms with Crippen LogP contribution in [0.25, 0.3) is 0 Å². The normalized spacial score (nSPS) is 13.7. The number of halogens is 1. The number of benzene rings is 1. The van der Waals surface area contributed by atoms with Gasteiger partial charge in [-0.15, -0.1) is 0 Å². The van der Waals surface area contributed by atoms with Crippen molar-refractivity contribution in [3.8, 4) is 0 Å². The van der Waals surface area contributed by atoms with Crippen LogP contribution in [0.4, 0.5) is 26.4 Å². The van der Waals surface area contributed by atoms with Crippen LogP contribution in [0.5, 0.6) is 0 Å². The molecule has 2 amide bonds. The molecule has 3 rings (SSSR count). The van der Waals surface area contributed by atoms with Crippen molar-refractivity contribution in [2.24, 2.45) is 0 Å². The minimum absolute atomic E-state index is 0.282. The Labute approximate surface area is 128 Å². The number of hydrogen-bond acceptors (Lipinski definition) is 3. The minimum Gasteiger partial charge on any atom is -0.353 e. The number of nitrogens with zero attached hydrogens (tertiary/aromatic N) is 3. The molecule has 0 saturated carbocycles. The number of fused-ring (bicyclic) bond motifs is 1. The summed E-state index contributed by atoms with van der Waals surface area (Å²) < 4.78 is 13.2. The molecule has 0 aliphatic carbocycles. The van der Waals surface area contributed by atoms with Gasteiger partial charge in [-0.05, 0) is 37.3 Å². The zero-order valence-corrected chi connectivity index (χ0v) is 12.3. The summed E-state index contributed by atoms with van der Waals surface area (Å²) in [7, 11) is 0. The number of amides is 2. The van der Waals surface area contributed by atoms with Gasteiger partial charge >= 0.3 is 6.03 Å². The average molecular weight is 300 g/mol. The highest BCUT2D eigenvalue weighted by molar-refractivity contribution is 6.04. The number of anilines is 3. The second-order valence-corrected chi connectivity index (χ2v) is 5.02. The number of nitrogens with one attached hydrogen (secondary N) is 1. The first-order chi connectivity index (χ1) is 10.7. The van der Waals surface area contributed by atoms with E-state index in [2.05, 4.69) is 22.1 Å². The van der Waals surface area contributed by atoms with Gasteiger partial charge in [0.2, 0.25) is 0 Å². The number of rotatable bonds is 2. The molecule has 1 aliphatic rings. The van der Waals surface area contributed by atoms with Crippen molar-refractivity contribution in [1.29, 1.82) is 0 Å². The van der Waals surface area contributed by atoms with Gasteiger partial charge in [-0.3, -0.25) is 4.90 Å². The molecule has 114 valence electrons. The summed E-state index contributed by atoms with van der Waals surface area (Å²) in [6, 6.07) is 9.26. The van der Waals surface area contributed by atoms with Crippen molar-refractivity contribution in [3.63, 3.8) is 0 Å². The fourth-order valence-electron chi connectivity index (χ4n) is 2.57. The smallest absolute Gasteiger partial charge is 0.326 e. The fraction of sp³-hybridized carbons (Fsp3) is 0.250. The molecule has 0 atom stereocenters. The van der Waals surface area contributed by atoms with E-state index in [-0.39, 0.29) is 11.8 Å². The van der Waals surface area contributed by atoms with E-state index in [1.807, 2.05) is 6.07 Å². The van der Waals surface area contributed by atoms with Crippen LogP contribution < -0.4 is 15.1 Å². The second kappa shape index (κ2) is 6.01. The zero-order chi connectivity index (χ0) is 15.5. The molecule has 1 N–H and O–H groups in total. The number of aromatic nitrogens is 1. The first-order valence-corrected chi connectivity index (χ1v) is 7.23. The fourth-order valence-corrected chi connectivity index (χ4v) is 2.57. The highest BCUT2D eigenvalue weighted by Gasteiger charge is 2.26. The summed E-state index contributed by atoms with van der Waals surface area (Å²) >= 11 is 0. The third kappa shape index (κ3) is 2.72. The molecule has 6 heteroatoms. The van der Waals surface area contributed by atoms with Crippen LogP contribution in [0, 0.1) is 5.82 Å². The number of urea groups is 1. The Morgan fingerprint density at radius 1 is 1.32 bits per heavy atom. The Morgan fingerprint density at radius 3 is 2.95 bits per heavy atom. The Hall–Kier alpha value is -2.63. The summed E-state index contributed by atoms with van der Waals surface area (Å²) in [5.41, 5.74) is 1.21. The van der Waals surface area contributed by atoms with Gasteiger partial charge in [0.1, 0.15) is 5.82 Å². The number of pyridine rings is 1. The van der Waals surface area contributed by atoms with E-state index in [1.54, 1.807) is 29.3 Å². The van der Waals surface area contributed by atoms with Gasteiger partial charge in [0.05, 0.1) is 5.69 Å². The maximum Gasteiger partial charge on any atom is 0.326 e. The van der Waals surface area contributed by atoms with Crippen molar-refractivity contribution in [3.05, 3.63) is 48.4 Å². The van der Waals surface area contributed by atoms with E-state index >= 15 is 0 Å². The van der Waals surface area contributed by atoms with Crippen LogP contribution in [0.15, 0.2) is 42.6 Å². The monoisotopic (exact) mass is 300 g/mol. The zero-order valence-electron chi connectivity index (χ0n) is 12.3. The lowest BCUT2D eigenvalue weighted by molar-refractivity contribution is 0.256. The van der Waals surface area contributed by atoms with Crippen LogP contribution in [-0.2, 0) is 0 Å². The predicted octanol–water partition coefficient (Wildman–Crippen LogP) is 3.10. The Morgan fingerprint density at radius 2 is 2.18 bits per heavy atom. The Kier molecular flexibility index (Phi) is 3.91. The van der Waals surface area contributed by atoms with Gasteiger partial charge in [-0.25, -0.2) is 14.2 Å². The molecule has 1 aromatic heterocycles. The molecule has 0 radical (unpaired) electrons. The van der Waals surface area contributed by atoms with Gasteiger partial charge < -0.3 is 10.2 Å². The summed E-state index contributed by atoms with van der Waals surface area (Å²) in [5, 5.41) is 2.73. The molecule has 0 saturated heterocycles. The highest BCUT2D eigenvalue weighted by atomic mass is 19.1. The lowest BCUT2D eigenvalue weighted by Crippen LogP contribution is -2.46. The minimum atomic E-state index is -0.379. The summed E-state index contributed by atoms with van der Waals surface area (Å²) in [4.78, 5) is 20.6. The van der Waals surface area contributed by atoms with Crippen molar-refractivity contribution in [2.75, 3.05) is 34.8 Å². The van der Waals surface area contributed by atoms with Crippen molar-refractivity contribution in [1.82, 2.24) is 4.98 Å². The number of carbonyl (C=O) groups is 1. The molecule has 2 heterocycles. The van der Waals surface area contributed by atoms with Gasteiger partial charge in [-0.1, -0.05) is 6.07 Å². The van der Waals surface area contributed by atoms with E-state index in [9.17, 15) is 9.18 Å². The molecule has 1 aliphatic heterocycles. The van der Waals surface area contributed by atoms with Crippen molar-refractivity contribution in [2.45, 2.75) is 6.92 Å². The molecule has 0 fully saturated rings. The van der Waals surface area contributed by atoms with Crippen LogP contribution in [-0.4, -0.2) is 30.6 Å². The molecular weight excluding hydrogens is 283 g/mol. The van der Waals surface area contributed by atoms with E-state index < -0.39 is 0 Å². The van der Waals surface area contributed by atoms with E-state index in [1.165, 1.54) is 12.1 Å². The standard InChI is InChI=1S/C16H17FN4O/c1-2-20-9-10-21(14-7-4-8-18-15(14)20)16(22)19-13-6-3-5-12(17)11-13/h3-8,11H,2,9-10H2,1H3,(H,19,22). The second-order valence-electron chi connectivity index (χ2n) is 5.02. The van der Waals surface area contributed by atoms with E-state index in [0.717, 1.165) is 24.6 Å². The predicted molar refractivity (Wildman–Crippen MR) is 84.9 cm³/mol. The molecule has 5 nitrogen and oxygen atoms in total. The Bertz CT molecular complexity index is 691. The first kappa shape index (κ1) is 14.3. The molecule has 1 aromatic carbocycles. The first-order valence-electron chi connectivity index (χ1n) is 7.23. The van der Waals surface area contributed by atoms with Crippen molar-refractivity contribution < 1.29 is 9.18 Å². The van der Waals surface area contributed by atoms with Crippen molar-refractivity contribution >= 4 is 23.2 Å².